The molecule has 1 aliphatic heterocycles. The molecule has 104 valence electrons. The van der Waals surface area contributed by atoms with Crippen molar-refractivity contribution in [1.29, 1.82) is 0 Å². The van der Waals surface area contributed by atoms with Crippen molar-refractivity contribution < 1.29 is 4.39 Å². The van der Waals surface area contributed by atoms with E-state index >= 15 is 0 Å². The van der Waals surface area contributed by atoms with Gasteiger partial charge in [0.25, 0.3) is 0 Å². The summed E-state index contributed by atoms with van der Waals surface area (Å²) in [7, 11) is 0. The molecule has 0 aliphatic carbocycles. The molecule has 1 aliphatic rings. The third kappa shape index (κ3) is 3.21. The summed E-state index contributed by atoms with van der Waals surface area (Å²) >= 11 is 0. The summed E-state index contributed by atoms with van der Waals surface area (Å²) in [5.74, 6) is 0.132. The van der Waals surface area contributed by atoms with Gasteiger partial charge in [-0.25, -0.2) is 14.4 Å². The van der Waals surface area contributed by atoms with Crippen molar-refractivity contribution in [3.05, 3.63) is 54.1 Å². The van der Waals surface area contributed by atoms with Crippen LogP contribution in [0.2, 0.25) is 0 Å². The van der Waals surface area contributed by atoms with E-state index in [1.54, 1.807) is 0 Å². The second-order valence-electron chi connectivity index (χ2n) is 4.49. The lowest BCUT2D eigenvalue weighted by molar-refractivity contribution is 0.614. The topological polar surface area (TPSA) is 37.8 Å². The Kier molecular flexibility index (Phi) is 4.82. The second-order valence-corrected chi connectivity index (χ2v) is 4.49. The van der Waals surface area contributed by atoms with Crippen molar-refractivity contribution in [3.63, 3.8) is 0 Å². The van der Waals surface area contributed by atoms with Crippen LogP contribution in [0.5, 0.6) is 0 Å². The number of hydrogen-bond acceptors (Lipinski definition) is 3. The van der Waals surface area contributed by atoms with Gasteiger partial charge in [-0.05, 0) is 24.1 Å². The zero-order valence-corrected chi connectivity index (χ0v) is 11.7. The van der Waals surface area contributed by atoms with Gasteiger partial charge in [-0.3, -0.25) is 0 Å². The van der Waals surface area contributed by atoms with Crippen LogP contribution in [0.25, 0.3) is 17.0 Å². The number of rotatable bonds is 2. The Labute approximate surface area is 123 Å². The second kappa shape index (κ2) is 6.59. The molecule has 3 rings (SSSR count). The molecule has 1 aromatic carbocycles. The van der Waals surface area contributed by atoms with E-state index in [0.717, 1.165) is 25.1 Å². The van der Waals surface area contributed by atoms with Crippen LogP contribution in [0.1, 0.15) is 12.0 Å². The maximum Gasteiger partial charge on any atom is 0.159 e. The average molecular weight is 292 g/mol. The van der Waals surface area contributed by atoms with Gasteiger partial charge in [0.15, 0.2) is 11.6 Å². The molecule has 2 aromatic rings. The fourth-order valence-corrected chi connectivity index (χ4v) is 2.18. The molecule has 0 saturated carbocycles. The van der Waals surface area contributed by atoms with Crippen molar-refractivity contribution >= 4 is 18.0 Å². The Balaban J connectivity index is 0.00000147. The van der Waals surface area contributed by atoms with Crippen LogP contribution in [0.4, 0.5) is 4.39 Å². The summed E-state index contributed by atoms with van der Waals surface area (Å²) in [5, 5.41) is 3.30. The first-order chi connectivity index (χ1) is 9.33. The number of benzene rings is 1. The Hall–Kier alpha value is -1.78. The quantitative estimate of drug-likeness (QED) is 0.924. The van der Waals surface area contributed by atoms with E-state index in [4.69, 9.17) is 0 Å². The molecule has 0 saturated heterocycles. The van der Waals surface area contributed by atoms with Crippen molar-refractivity contribution in [1.82, 2.24) is 15.3 Å². The Bertz CT molecular complexity index is 594. The van der Waals surface area contributed by atoms with Gasteiger partial charge in [-0.2, -0.15) is 0 Å². The largest absolute Gasteiger partial charge is 0.313 e. The van der Waals surface area contributed by atoms with E-state index in [1.807, 2.05) is 12.1 Å². The minimum Gasteiger partial charge on any atom is -0.313 e. The van der Waals surface area contributed by atoms with Gasteiger partial charge in [0.2, 0.25) is 0 Å². The minimum atomic E-state index is -0.416. The lowest BCUT2D eigenvalue weighted by Crippen LogP contribution is -2.19. The van der Waals surface area contributed by atoms with E-state index in [1.165, 1.54) is 23.5 Å². The maximum atomic E-state index is 12.8. The first-order valence-electron chi connectivity index (χ1n) is 6.31. The predicted octanol–water partition coefficient (Wildman–Crippen LogP) is 3.08. The average Bonchev–Trinajstić information content (AvgIpc) is 2.49. The SMILES string of the molecule is Cl.Fc1cnc(-c2ccc(C3=CCNCC3)cc2)nc1. The van der Waals surface area contributed by atoms with E-state index in [9.17, 15) is 4.39 Å². The molecule has 2 heterocycles. The molecule has 1 N–H and O–H groups in total. The highest BCUT2D eigenvalue weighted by molar-refractivity contribution is 5.85. The fraction of sp³-hybridized carbons (Fsp3) is 0.200. The van der Waals surface area contributed by atoms with Crippen LogP contribution in [0, 0.1) is 5.82 Å². The Morgan fingerprint density at radius 3 is 2.25 bits per heavy atom. The minimum absolute atomic E-state index is 0. The Morgan fingerprint density at radius 1 is 1.00 bits per heavy atom. The van der Waals surface area contributed by atoms with Crippen molar-refractivity contribution in [2.24, 2.45) is 0 Å². The van der Waals surface area contributed by atoms with Gasteiger partial charge in [-0.15, -0.1) is 12.4 Å². The fourth-order valence-electron chi connectivity index (χ4n) is 2.18. The molecule has 0 radical (unpaired) electrons. The summed E-state index contributed by atoms with van der Waals surface area (Å²) in [6, 6.07) is 8.09. The van der Waals surface area contributed by atoms with Crippen molar-refractivity contribution in [2.75, 3.05) is 13.1 Å². The molecule has 0 atom stereocenters. The predicted molar refractivity (Wildman–Crippen MR) is 80.1 cm³/mol. The first-order valence-corrected chi connectivity index (χ1v) is 6.31. The number of halogens is 2. The maximum absolute atomic E-state index is 12.8. The van der Waals surface area contributed by atoms with E-state index in [-0.39, 0.29) is 12.4 Å². The summed E-state index contributed by atoms with van der Waals surface area (Å²) in [6.07, 6.45) is 5.64. The van der Waals surface area contributed by atoms with Gasteiger partial charge >= 0.3 is 0 Å². The molecule has 0 amide bonds. The standard InChI is InChI=1S/C15H14FN3.ClH/c16-14-9-18-15(19-10-14)13-3-1-11(2-4-13)12-5-7-17-8-6-12;/h1-5,9-10,17H,6-8H2;1H. The van der Waals surface area contributed by atoms with Crippen LogP contribution in [0.3, 0.4) is 0 Å². The molecule has 0 bridgehead atoms. The van der Waals surface area contributed by atoms with Crippen LogP contribution in [-0.2, 0) is 0 Å². The third-order valence-corrected chi connectivity index (χ3v) is 3.20. The van der Waals surface area contributed by atoms with Gasteiger partial charge in [-0.1, -0.05) is 30.3 Å². The van der Waals surface area contributed by atoms with Crippen molar-refractivity contribution in [2.45, 2.75) is 6.42 Å². The molecule has 5 heteroatoms. The summed E-state index contributed by atoms with van der Waals surface area (Å²) in [4.78, 5) is 7.96. The van der Waals surface area contributed by atoms with Crippen molar-refractivity contribution in [3.8, 4) is 11.4 Å². The zero-order valence-electron chi connectivity index (χ0n) is 10.8. The van der Waals surface area contributed by atoms with Gasteiger partial charge in [0.1, 0.15) is 0 Å². The van der Waals surface area contributed by atoms with Gasteiger partial charge < -0.3 is 5.32 Å². The van der Waals surface area contributed by atoms with Crippen LogP contribution >= 0.6 is 12.4 Å². The molecule has 0 fully saturated rings. The molecule has 0 spiro atoms. The molecular formula is C15H15ClFN3. The van der Waals surface area contributed by atoms with Gasteiger partial charge in [0.05, 0.1) is 12.4 Å². The molecule has 1 aromatic heterocycles. The summed E-state index contributed by atoms with van der Waals surface area (Å²) in [6.45, 7) is 1.95. The van der Waals surface area contributed by atoms with Crippen LogP contribution in [-0.4, -0.2) is 23.1 Å². The van der Waals surface area contributed by atoms with E-state index < -0.39 is 5.82 Å². The highest BCUT2D eigenvalue weighted by Crippen LogP contribution is 2.22. The highest BCUT2D eigenvalue weighted by atomic mass is 35.5. The molecular weight excluding hydrogens is 277 g/mol. The first kappa shape index (κ1) is 14.6. The summed E-state index contributed by atoms with van der Waals surface area (Å²) < 4.78 is 12.8. The number of hydrogen-bond donors (Lipinski definition) is 1. The lowest BCUT2D eigenvalue weighted by atomic mass is 9.99. The number of nitrogens with zero attached hydrogens (tertiary/aromatic N) is 2. The lowest BCUT2D eigenvalue weighted by Gasteiger charge is -2.14. The van der Waals surface area contributed by atoms with Crippen LogP contribution < -0.4 is 5.32 Å². The van der Waals surface area contributed by atoms with Crippen LogP contribution in [0.15, 0.2) is 42.7 Å². The zero-order chi connectivity index (χ0) is 13.1. The molecule has 20 heavy (non-hydrogen) atoms. The van der Waals surface area contributed by atoms with E-state index in [0.29, 0.717) is 5.82 Å². The van der Waals surface area contributed by atoms with E-state index in [2.05, 4.69) is 33.5 Å². The highest BCUT2D eigenvalue weighted by Gasteiger charge is 2.07. The molecule has 0 unspecified atom stereocenters. The number of aromatic nitrogens is 2. The molecule has 3 nitrogen and oxygen atoms in total. The third-order valence-electron chi connectivity index (χ3n) is 3.20. The normalized spacial score (nSPS) is 14.3. The van der Waals surface area contributed by atoms with Gasteiger partial charge in [0, 0.05) is 12.1 Å². The monoisotopic (exact) mass is 291 g/mol. The Morgan fingerprint density at radius 2 is 1.65 bits per heavy atom. The summed E-state index contributed by atoms with van der Waals surface area (Å²) in [5.41, 5.74) is 3.50. The smallest absolute Gasteiger partial charge is 0.159 e. The number of nitrogens with one attached hydrogen (secondary N) is 1.